The highest BCUT2D eigenvalue weighted by atomic mass is 35.5. The largest absolute Gasteiger partial charge is 0.228 e. The highest BCUT2D eigenvalue weighted by Crippen LogP contribution is 2.14. The molecular formula is C6H11ClN4. The Morgan fingerprint density at radius 3 is 2.91 bits per heavy atom. The van der Waals surface area contributed by atoms with Crippen LogP contribution in [0.5, 0.6) is 0 Å². The predicted octanol–water partition coefficient (Wildman–Crippen LogP) is 1.38. The zero-order valence-corrected chi connectivity index (χ0v) is 7.41. The molecule has 1 aromatic rings. The number of hydrogen-bond donors (Lipinski definition) is 0. The molecule has 0 aliphatic carbocycles. The second-order valence-electron chi connectivity index (χ2n) is 2.38. The van der Waals surface area contributed by atoms with Crippen LogP contribution in [0.3, 0.4) is 0 Å². The summed E-state index contributed by atoms with van der Waals surface area (Å²) in [5, 5.41) is 11.0. The van der Waals surface area contributed by atoms with Gasteiger partial charge in [-0.25, -0.2) is 4.68 Å². The SMILES string of the molecule is CCCn1nnnc1C(C)Cl. The highest BCUT2D eigenvalue weighted by Gasteiger charge is 2.09. The Labute approximate surface area is 70.5 Å². The quantitative estimate of drug-likeness (QED) is 0.651. The van der Waals surface area contributed by atoms with Crippen molar-refractivity contribution in [1.29, 1.82) is 0 Å². The van der Waals surface area contributed by atoms with Gasteiger partial charge in [0.2, 0.25) is 0 Å². The first-order valence-corrected chi connectivity index (χ1v) is 4.09. The maximum atomic E-state index is 5.82. The summed E-state index contributed by atoms with van der Waals surface area (Å²) < 4.78 is 1.73. The molecule has 1 heterocycles. The summed E-state index contributed by atoms with van der Waals surface area (Å²) in [4.78, 5) is 0. The van der Waals surface area contributed by atoms with E-state index in [0.717, 1.165) is 18.8 Å². The standard InChI is InChI=1S/C6H11ClN4/c1-3-4-11-6(5(2)7)8-9-10-11/h5H,3-4H2,1-2H3. The number of aromatic nitrogens is 4. The third-order valence-electron chi connectivity index (χ3n) is 1.35. The smallest absolute Gasteiger partial charge is 0.168 e. The summed E-state index contributed by atoms with van der Waals surface area (Å²) >= 11 is 5.82. The first-order chi connectivity index (χ1) is 5.25. The minimum absolute atomic E-state index is 0.114. The van der Waals surface area contributed by atoms with E-state index < -0.39 is 0 Å². The molecule has 4 nitrogen and oxygen atoms in total. The number of hydrogen-bond acceptors (Lipinski definition) is 3. The summed E-state index contributed by atoms with van der Waals surface area (Å²) in [5.41, 5.74) is 0. The number of tetrazole rings is 1. The van der Waals surface area contributed by atoms with Crippen LogP contribution in [0.15, 0.2) is 0 Å². The van der Waals surface area contributed by atoms with Crippen LogP contribution < -0.4 is 0 Å². The molecule has 0 aliphatic rings. The van der Waals surface area contributed by atoms with E-state index in [4.69, 9.17) is 11.6 Å². The average Bonchev–Trinajstić information content (AvgIpc) is 2.36. The number of nitrogens with zero attached hydrogens (tertiary/aromatic N) is 4. The lowest BCUT2D eigenvalue weighted by atomic mass is 10.4. The first kappa shape index (κ1) is 8.46. The van der Waals surface area contributed by atoms with Gasteiger partial charge in [0.25, 0.3) is 0 Å². The average molecular weight is 175 g/mol. The van der Waals surface area contributed by atoms with Crippen molar-refractivity contribution in [3.05, 3.63) is 5.82 Å². The molecule has 1 aromatic heterocycles. The van der Waals surface area contributed by atoms with Gasteiger partial charge in [-0.05, 0) is 23.8 Å². The zero-order chi connectivity index (χ0) is 8.27. The van der Waals surface area contributed by atoms with Crippen molar-refractivity contribution in [3.8, 4) is 0 Å². The fourth-order valence-corrected chi connectivity index (χ4v) is 1.02. The molecule has 0 amide bonds. The van der Waals surface area contributed by atoms with Crippen LogP contribution in [0.4, 0.5) is 0 Å². The molecule has 0 spiro atoms. The molecule has 0 aromatic carbocycles. The Morgan fingerprint density at radius 2 is 2.36 bits per heavy atom. The van der Waals surface area contributed by atoms with Crippen LogP contribution in [0, 0.1) is 0 Å². The van der Waals surface area contributed by atoms with E-state index in [-0.39, 0.29) is 5.38 Å². The van der Waals surface area contributed by atoms with E-state index >= 15 is 0 Å². The predicted molar refractivity (Wildman–Crippen MR) is 42.4 cm³/mol. The summed E-state index contributed by atoms with van der Waals surface area (Å²) in [6.45, 7) is 4.77. The molecule has 11 heavy (non-hydrogen) atoms. The van der Waals surface area contributed by atoms with Crippen LogP contribution in [0.1, 0.15) is 31.5 Å². The normalized spacial score (nSPS) is 13.4. The van der Waals surface area contributed by atoms with Crippen LogP contribution in [0.25, 0.3) is 0 Å². The molecule has 1 unspecified atom stereocenters. The molecule has 0 fully saturated rings. The molecule has 0 aliphatic heterocycles. The van der Waals surface area contributed by atoms with Crippen LogP contribution in [0.2, 0.25) is 0 Å². The second kappa shape index (κ2) is 3.67. The van der Waals surface area contributed by atoms with E-state index in [2.05, 4.69) is 22.4 Å². The van der Waals surface area contributed by atoms with Gasteiger partial charge in [-0.15, -0.1) is 16.7 Å². The monoisotopic (exact) mass is 174 g/mol. The van der Waals surface area contributed by atoms with Crippen molar-refractivity contribution in [3.63, 3.8) is 0 Å². The molecular weight excluding hydrogens is 164 g/mol. The minimum atomic E-state index is -0.114. The van der Waals surface area contributed by atoms with E-state index in [1.54, 1.807) is 4.68 Å². The van der Waals surface area contributed by atoms with Crippen molar-refractivity contribution >= 4 is 11.6 Å². The van der Waals surface area contributed by atoms with Gasteiger partial charge in [-0.3, -0.25) is 0 Å². The topological polar surface area (TPSA) is 43.6 Å². The maximum Gasteiger partial charge on any atom is 0.168 e. The molecule has 5 heteroatoms. The summed E-state index contributed by atoms with van der Waals surface area (Å²) in [5.74, 6) is 0.744. The molecule has 0 saturated carbocycles. The Bertz CT molecular complexity index is 220. The number of alkyl halides is 1. The van der Waals surface area contributed by atoms with Crippen molar-refractivity contribution < 1.29 is 0 Å². The maximum absolute atomic E-state index is 5.82. The molecule has 62 valence electrons. The zero-order valence-electron chi connectivity index (χ0n) is 6.66. The van der Waals surface area contributed by atoms with Crippen molar-refractivity contribution in [2.75, 3.05) is 0 Å². The van der Waals surface area contributed by atoms with E-state index in [1.807, 2.05) is 6.92 Å². The molecule has 0 radical (unpaired) electrons. The fraction of sp³-hybridized carbons (Fsp3) is 0.833. The van der Waals surface area contributed by atoms with Gasteiger partial charge < -0.3 is 0 Å². The van der Waals surface area contributed by atoms with E-state index in [0.29, 0.717) is 0 Å². The van der Waals surface area contributed by atoms with E-state index in [9.17, 15) is 0 Å². The van der Waals surface area contributed by atoms with Crippen LogP contribution in [-0.2, 0) is 6.54 Å². The highest BCUT2D eigenvalue weighted by molar-refractivity contribution is 6.20. The van der Waals surface area contributed by atoms with Gasteiger partial charge in [-0.2, -0.15) is 0 Å². The van der Waals surface area contributed by atoms with Gasteiger partial charge in [0.1, 0.15) is 0 Å². The number of halogens is 1. The van der Waals surface area contributed by atoms with E-state index in [1.165, 1.54) is 0 Å². The third kappa shape index (κ3) is 1.89. The Kier molecular flexibility index (Phi) is 2.82. The number of aryl methyl sites for hydroxylation is 1. The molecule has 1 atom stereocenters. The van der Waals surface area contributed by atoms with Gasteiger partial charge >= 0.3 is 0 Å². The second-order valence-corrected chi connectivity index (χ2v) is 3.03. The van der Waals surface area contributed by atoms with Crippen molar-refractivity contribution in [2.45, 2.75) is 32.2 Å². The third-order valence-corrected chi connectivity index (χ3v) is 1.55. The Morgan fingerprint density at radius 1 is 1.64 bits per heavy atom. The van der Waals surface area contributed by atoms with Crippen LogP contribution in [-0.4, -0.2) is 20.2 Å². The fourth-order valence-electron chi connectivity index (χ4n) is 0.868. The Balaban J connectivity index is 2.78. The minimum Gasteiger partial charge on any atom is -0.228 e. The van der Waals surface area contributed by atoms with Gasteiger partial charge in [0.05, 0.1) is 5.38 Å². The van der Waals surface area contributed by atoms with Gasteiger partial charge in [0, 0.05) is 6.54 Å². The van der Waals surface area contributed by atoms with Gasteiger partial charge in [-0.1, -0.05) is 6.92 Å². The molecule has 1 rings (SSSR count). The summed E-state index contributed by atoms with van der Waals surface area (Å²) in [6.07, 6.45) is 1.02. The lowest BCUT2D eigenvalue weighted by Gasteiger charge is -2.02. The lowest BCUT2D eigenvalue weighted by molar-refractivity contribution is 0.555. The molecule has 0 N–H and O–H groups in total. The molecule has 0 bridgehead atoms. The number of rotatable bonds is 3. The lowest BCUT2D eigenvalue weighted by Crippen LogP contribution is -2.05. The molecule has 0 saturated heterocycles. The Hall–Kier alpha value is -0.640. The first-order valence-electron chi connectivity index (χ1n) is 3.65. The summed E-state index contributed by atoms with van der Waals surface area (Å²) in [6, 6.07) is 0. The van der Waals surface area contributed by atoms with Gasteiger partial charge in [0.15, 0.2) is 5.82 Å². The summed E-state index contributed by atoms with van der Waals surface area (Å²) in [7, 11) is 0. The van der Waals surface area contributed by atoms with Crippen molar-refractivity contribution in [1.82, 2.24) is 20.2 Å². The van der Waals surface area contributed by atoms with Crippen molar-refractivity contribution in [2.24, 2.45) is 0 Å². The van der Waals surface area contributed by atoms with Crippen LogP contribution >= 0.6 is 11.6 Å².